The predicted molar refractivity (Wildman–Crippen MR) is 93.0 cm³/mol. The molecule has 2 saturated heterocycles. The molecule has 1 amide bonds. The molecule has 4 rings (SSSR count). The van der Waals surface area contributed by atoms with Crippen LogP contribution < -0.4 is 10.6 Å². The standard InChI is InChI=1S/C18H29N5O2/c1-2-16-21-15(22-25-16)7-8-20-17(24)18-11-19-9-13(18)10-23(12-18)14-5-3-4-6-14/h13-14,19H,2-12H2,1H3,(H,20,24)/t13-,18-/m1/s1. The lowest BCUT2D eigenvalue weighted by molar-refractivity contribution is -0.130. The third-order valence-corrected chi connectivity index (χ3v) is 6.29. The summed E-state index contributed by atoms with van der Waals surface area (Å²) in [5.41, 5.74) is -0.256. The maximum atomic E-state index is 13.0. The Kier molecular flexibility index (Phi) is 4.78. The fourth-order valence-electron chi connectivity index (χ4n) is 4.83. The van der Waals surface area contributed by atoms with Crippen molar-refractivity contribution < 1.29 is 9.32 Å². The van der Waals surface area contributed by atoms with Gasteiger partial charge < -0.3 is 15.2 Å². The molecule has 2 N–H and O–H groups in total. The number of rotatable bonds is 6. The van der Waals surface area contributed by atoms with Gasteiger partial charge in [0.2, 0.25) is 11.8 Å². The second kappa shape index (κ2) is 7.03. The van der Waals surface area contributed by atoms with Crippen LogP contribution in [0, 0.1) is 11.3 Å². The van der Waals surface area contributed by atoms with Gasteiger partial charge in [-0.1, -0.05) is 24.9 Å². The van der Waals surface area contributed by atoms with Crippen molar-refractivity contribution >= 4 is 5.91 Å². The molecule has 1 aromatic heterocycles. The Labute approximate surface area is 148 Å². The lowest BCUT2D eigenvalue weighted by atomic mass is 9.80. The Hall–Kier alpha value is -1.47. The molecule has 1 aromatic rings. The van der Waals surface area contributed by atoms with Gasteiger partial charge in [0.15, 0.2) is 5.82 Å². The lowest BCUT2D eigenvalue weighted by Gasteiger charge is -2.29. The van der Waals surface area contributed by atoms with Gasteiger partial charge in [0.05, 0.1) is 5.41 Å². The number of hydrogen-bond acceptors (Lipinski definition) is 6. The molecule has 138 valence electrons. The van der Waals surface area contributed by atoms with Crippen LogP contribution in [0.3, 0.4) is 0 Å². The van der Waals surface area contributed by atoms with Gasteiger partial charge in [0, 0.05) is 57.5 Å². The molecule has 2 aliphatic heterocycles. The molecule has 0 aromatic carbocycles. The van der Waals surface area contributed by atoms with E-state index in [9.17, 15) is 4.79 Å². The molecule has 0 radical (unpaired) electrons. The van der Waals surface area contributed by atoms with Gasteiger partial charge in [-0.05, 0) is 12.8 Å². The third kappa shape index (κ3) is 3.19. The number of amides is 1. The van der Waals surface area contributed by atoms with E-state index in [2.05, 4.69) is 25.7 Å². The molecule has 0 unspecified atom stereocenters. The van der Waals surface area contributed by atoms with Crippen LogP contribution in [0.1, 0.15) is 44.3 Å². The fraction of sp³-hybridized carbons (Fsp3) is 0.833. The molecule has 7 nitrogen and oxygen atoms in total. The summed E-state index contributed by atoms with van der Waals surface area (Å²) < 4.78 is 5.12. The number of likely N-dealkylation sites (tertiary alicyclic amines) is 1. The lowest BCUT2D eigenvalue weighted by Crippen LogP contribution is -2.48. The van der Waals surface area contributed by atoms with E-state index in [0.717, 1.165) is 32.6 Å². The van der Waals surface area contributed by atoms with Crippen LogP contribution in [0.2, 0.25) is 0 Å². The summed E-state index contributed by atoms with van der Waals surface area (Å²) in [4.78, 5) is 19.9. The molecule has 3 aliphatic rings. The fourth-order valence-corrected chi connectivity index (χ4v) is 4.83. The summed E-state index contributed by atoms with van der Waals surface area (Å²) in [6.07, 6.45) is 6.65. The van der Waals surface area contributed by atoms with Crippen molar-refractivity contribution in [3.05, 3.63) is 11.7 Å². The number of fused-ring (bicyclic) bond motifs is 1. The summed E-state index contributed by atoms with van der Waals surface area (Å²) >= 11 is 0. The average Bonchev–Trinajstić information content (AvgIpc) is 3.36. The first-order chi connectivity index (χ1) is 12.2. The van der Waals surface area contributed by atoms with E-state index in [1.165, 1.54) is 25.7 Å². The second-order valence-electron chi connectivity index (χ2n) is 7.82. The van der Waals surface area contributed by atoms with E-state index in [0.29, 0.717) is 36.6 Å². The molecule has 3 heterocycles. The van der Waals surface area contributed by atoms with Crippen molar-refractivity contribution in [1.29, 1.82) is 0 Å². The summed E-state index contributed by atoms with van der Waals surface area (Å²) in [6, 6.07) is 0.696. The average molecular weight is 347 g/mol. The molecule has 0 spiro atoms. The maximum absolute atomic E-state index is 13.0. The zero-order valence-electron chi connectivity index (χ0n) is 15.1. The van der Waals surface area contributed by atoms with Crippen molar-refractivity contribution in [3.63, 3.8) is 0 Å². The van der Waals surface area contributed by atoms with Gasteiger partial charge in [0.1, 0.15) is 0 Å². The number of carbonyl (C=O) groups excluding carboxylic acids is 1. The molecular formula is C18H29N5O2. The largest absolute Gasteiger partial charge is 0.355 e. The molecule has 1 aliphatic carbocycles. The van der Waals surface area contributed by atoms with Crippen molar-refractivity contribution in [2.24, 2.45) is 11.3 Å². The smallest absolute Gasteiger partial charge is 0.229 e. The van der Waals surface area contributed by atoms with Crippen LogP contribution in [-0.2, 0) is 17.6 Å². The van der Waals surface area contributed by atoms with E-state index in [4.69, 9.17) is 4.52 Å². The van der Waals surface area contributed by atoms with Gasteiger partial charge in [-0.2, -0.15) is 4.98 Å². The molecule has 7 heteroatoms. The molecule has 2 atom stereocenters. The van der Waals surface area contributed by atoms with Gasteiger partial charge in [0.25, 0.3) is 0 Å². The number of nitrogens with one attached hydrogen (secondary N) is 2. The summed E-state index contributed by atoms with van der Waals surface area (Å²) in [5, 5.41) is 10.5. The van der Waals surface area contributed by atoms with E-state index in [1.807, 2.05) is 6.92 Å². The minimum atomic E-state index is -0.256. The quantitative estimate of drug-likeness (QED) is 0.790. The van der Waals surface area contributed by atoms with Crippen LogP contribution in [0.5, 0.6) is 0 Å². The highest BCUT2D eigenvalue weighted by molar-refractivity contribution is 5.84. The highest BCUT2D eigenvalue weighted by atomic mass is 16.5. The Morgan fingerprint density at radius 3 is 3.04 bits per heavy atom. The highest BCUT2D eigenvalue weighted by Crippen LogP contribution is 2.42. The first-order valence-corrected chi connectivity index (χ1v) is 9.76. The van der Waals surface area contributed by atoms with Gasteiger partial charge in [-0.15, -0.1) is 0 Å². The number of carbonyl (C=O) groups is 1. The van der Waals surface area contributed by atoms with Crippen LogP contribution in [0.15, 0.2) is 4.52 Å². The number of aryl methyl sites for hydroxylation is 1. The first-order valence-electron chi connectivity index (χ1n) is 9.76. The Bertz CT molecular complexity index is 612. The van der Waals surface area contributed by atoms with Crippen molar-refractivity contribution in [2.75, 3.05) is 32.7 Å². The van der Waals surface area contributed by atoms with Crippen LogP contribution in [0.4, 0.5) is 0 Å². The SMILES string of the molecule is CCc1nc(CCNC(=O)[C@@]23CNC[C@@H]2CN(C2CCCC2)C3)no1. The normalized spacial score (nSPS) is 30.0. The van der Waals surface area contributed by atoms with Crippen molar-refractivity contribution in [3.8, 4) is 0 Å². The number of aromatic nitrogens is 2. The van der Waals surface area contributed by atoms with E-state index < -0.39 is 0 Å². The Morgan fingerprint density at radius 2 is 2.28 bits per heavy atom. The zero-order chi connectivity index (χ0) is 17.3. The van der Waals surface area contributed by atoms with Crippen molar-refractivity contribution in [1.82, 2.24) is 25.7 Å². The first kappa shape index (κ1) is 17.0. The predicted octanol–water partition coefficient (Wildman–Crippen LogP) is 0.755. The minimum Gasteiger partial charge on any atom is -0.355 e. The zero-order valence-corrected chi connectivity index (χ0v) is 15.1. The summed E-state index contributed by atoms with van der Waals surface area (Å²) in [7, 11) is 0. The molecule has 0 bridgehead atoms. The second-order valence-corrected chi connectivity index (χ2v) is 7.82. The summed E-state index contributed by atoms with van der Waals surface area (Å²) in [6.45, 7) is 6.29. The summed E-state index contributed by atoms with van der Waals surface area (Å²) in [5.74, 6) is 1.96. The topological polar surface area (TPSA) is 83.3 Å². The molecular weight excluding hydrogens is 318 g/mol. The number of hydrogen-bond donors (Lipinski definition) is 2. The van der Waals surface area contributed by atoms with Gasteiger partial charge in [-0.3, -0.25) is 9.69 Å². The van der Waals surface area contributed by atoms with Crippen LogP contribution >= 0.6 is 0 Å². The Morgan fingerprint density at radius 1 is 1.44 bits per heavy atom. The molecule has 3 fully saturated rings. The third-order valence-electron chi connectivity index (χ3n) is 6.29. The Balaban J connectivity index is 1.34. The molecule has 1 saturated carbocycles. The highest BCUT2D eigenvalue weighted by Gasteiger charge is 2.55. The monoisotopic (exact) mass is 347 g/mol. The van der Waals surface area contributed by atoms with E-state index in [-0.39, 0.29) is 11.3 Å². The minimum absolute atomic E-state index is 0.196. The van der Waals surface area contributed by atoms with Crippen molar-refractivity contribution in [2.45, 2.75) is 51.5 Å². The van der Waals surface area contributed by atoms with Gasteiger partial charge in [-0.25, -0.2) is 0 Å². The maximum Gasteiger partial charge on any atom is 0.229 e. The number of nitrogens with zero attached hydrogens (tertiary/aromatic N) is 3. The molecule has 25 heavy (non-hydrogen) atoms. The van der Waals surface area contributed by atoms with Crippen LogP contribution in [0.25, 0.3) is 0 Å². The van der Waals surface area contributed by atoms with Gasteiger partial charge >= 0.3 is 0 Å². The van der Waals surface area contributed by atoms with E-state index in [1.54, 1.807) is 0 Å². The van der Waals surface area contributed by atoms with E-state index >= 15 is 0 Å². The van der Waals surface area contributed by atoms with Crippen LogP contribution in [-0.4, -0.2) is 59.7 Å².